The van der Waals surface area contributed by atoms with Gasteiger partial charge in [0.1, 0.15) is 6.04 Å². The van der Waals surface area contributed by atoms with E-state index in [1.54, 1.807) is 0 Å². The standard InChI is InChI=1S/C12H23N3O2/c1-4-6-7-8-14-11(16)10(9(3)5-2)15-12(13)17/h4,6,9-10H,5,7-8H2,1-3H3,(H,14,16)(H3,13,15,17)/b6-4+. The number of amides is 3. The van der Waals surface area contributed by atoms with Gasteiger partial charge in [-0.1, -0.05) is 32.4 Å². The number of allylic oxidation sites excluding steroid dienone is 1. The van der Waals surface area contributed by atoms with Crippen molar-refractivity contribution in [3.05, 3.63) is 12.2 Å². The van der Waals surface area contributed by atoms with E-state index in [0.29, 0.717) is 6.54 Å². The van der Waals surface area contributed by atoms with Crippen LogP contribution in [0.4, 0.5) is 4.79 Å². The molecule has 5 nitrogen and oxygen atoms in total. The van der Waals surface area contributed by atoms with Crippen molar-refractivity contribution >= 4 is 11.9 Å². The Hall–Kier alpha value is -1.52. The summed E-state index contributed by atoms with van der Waals surface area (Å²) in [6.45, 7) is 6.37. The van der Waals surface area contributed by atoms with Gasteiger partial charge in [0.15, 0.2) is 0 Å². The zero-order chi connectivity index (χ0) is 13.3. The summed E-state index contributed by atoms with van der Waals surface area (Å²) in [5.41, 5.74) is 5.06. The third kappa shape index (κ3) is 6.60. The van der Waals surface area contributed by atoms with E-state index >= 15 is 0 Å². The Labute approximate surface area is 103 Å². The van der Waals surface area contributed by atoms with Crippen molar-refractivity contribution in [1.29, 1.82) is 0 Å². The third-order valence-electron chi connectivity index (χ3n) is 2.64. The van der Waals surface area contributed by atoms with E-state index in [9.17, 15) is 9.59 Å². The summed E-state index contributed by atoms with van der Waals surface area (Å²) < 4.78 is 0. The summed E-state index contributed by atoms with van der Waals surface area (Å²) in [7, 11) is 0. The van der Waals surface area contributed by atoms with Crippen LogP contribution in [-0.4, -0.2) is 24.5 Å². The van der Waals surface area contributed by atoms with E-state index in [4.69, 9.17) is 5.73 Å². The monoisotopic (exact) mass is 241 g/mol. The van der Waals surface area contributed by atoms with Crippen LogP contribution in [0.1, 0.15) is 33.6 Å². The lowest BCUT2D eigenvalue weighted by molar-refractivity contribution is -0.124. The molecule has 3 amide bonds. The number of hydrogen-bond acceptors (Lipinski definition) is 2. The normalized spacial score (nSPS) is 14.3. The highest BCUT2D eigenvalue weighted by Gasteiger charge is 2.24. The van der Waals surface area contributed by atoms with Gasteiger partial charge in [0, 0.05) is 6.54 Å². The Morgan fingerprint density at radius 3 is 2.53 bits per heavy atom. The van der Waals surface area contributed by atoms with Crippen molar-refractivity contribution in [2.45, 2.75) is 39.7 Å². The van der Waals surface area contributed by atoms with Gasteiger partial charge >= 0.3 is 6.03 Å². The molecule has 0 aromatic carbocycles. The van der Waals surface area contributed by atoms with Gasteiger partial charge in [0.2, 0.25) is 5.91 Å². The van der Waals surface area contributed by atoms with Crippen LogP contribution in [0.15, 0.2) is 12.2 Å². The first-order chi connectivity index (χ1) is 8.02. The van der Waals surface area contributed by atoms with E-state index < -0.39 is 12.1 Å². The largest absolute Gasteiger partial charge is 0.354 e. The van der Waals surface area contributed by atoms with Crippen molar-refractivity contribution in [3.63, 3.8) is 0 Å². The van der Waals surface area contributed by atoms with Crippen LogP contribution in [-0.2, 0) is 4.79 Å². The fourth-order valence-electron chi connectivity index (χ4n) is 1.41. The Bertz CT molecular complexity index is 277. The summed E-state index contributed by atoms with van der Waals surface area (Å²) in [5, 5.41) is 5.26. The minimum absolute atomic E-state index is 0.0595. The van der Waals surface area contributed by atoms with Gasteiger partial charge in [-0.25, -0.2) is 4.79 Å². The number of hydrogen-bond donors (Lipinski definition) is 3. The SMILES string of the molecule is C/C=C/CCNC(=O)C(NC(N)=O)C(C)CC. The van der Waals surface area contributed by atoms with Gasteiger partial charge in [0.25, 0.3) is 0 Å². The average Bonchev–Trinajstić information content (AvgIpc) is 2.30. The molecule has 0 saturated carbocycles. The zero-order valence-electron chi connectivity index (χ0n) is 10.8. The van der Waals surface area contributed by atoms with Gasteiger partial charge < -0.3 is 16.4 Å². The predicted octanol–water partition coefficient (Wildman–Crippen LogP) is 1.15. The molecule has 2 atom stereocenters. The van der Waals surface area contributed by atoms with Crippen molar-refractivity contribution < 1.29 is 9.59 Å². The molecule has 0 saturated heterocycles. The average molecular weight is 241 g/mol. The third-order valence-corrected chi connectivity index (χ3v) is 2.64. The van der Waals surface area contributed by atoms with E-state index in [0.717, 1.165) is 12.8 Å². The summed E-state index contributed by atoms with van der Waals surface area (Å²) in [6.07, 6.45) is 5.49. The molecule has 2 unspecified atom stereocenters. The maximum absolute atomic E-state index is 11.8. The molecule has 0 aliphatic rings. The fraction of sp³-hybridized carbons (Fsp3) is 0.667. The highest BCUT2D eigenvalue weighted by molar-refractivity contribution is 5.86. The van der Waals surface area contributed by atoms with Gasteiger partial charge in [-0.3, -0.25) is 4.79 Å². The second-order valence-electron chi connectivity index (χ2n) is 4.02. The molecule has 0 aliphatic heterocycles. The minimum atomic E-state index is -0.668. The number of rotatable bonds is 7. The van der Waals surface area contributed by atoms with E-state index in [1.165, 1.54) is 0 Å². The van der Waals surface area contributed by atoms with Crippen LogP contribution in [0.3, 0.4) is 0 Å². The minimum Gasteiger partial charge on any atom is -0.354 e. The predicted molar refractivity (Wildman–Crippen MR) is 68.4 cm³/mol. The van der Waals surface area contributed by atoms with Crippen LogP contribution < -0.4 is 16.4 Å². The number of urea groups is 1. The molecule has 0 bridgehead atoms. The number of nitrogens with two attached hydrogens (primary N) is 1. The molecule has 0 fully saturated rings. The Kier molecular flexibility index (Phi) is 7.84. The molecule has 0 heterocycles. The Morgan fingerprint density at radius 2 is 2.06 bits per heavy atom. The lowest BCUT2D eigenvalue weighted by Gasteiger charge is -2.22. The second-order valence-corrected chi connectivity index (χ2v) is 4.02. The van der Waals surface area contributed by atoms with Crippen molar-refractivity contribution in [2.75, 3.05) is 6.54 Å². The fourth-order valence-corrected chi connectivity index (χ4v) is 1.41. The smallest absolute Gasteiger partial charge is 0.312 e. The van der Waals surface area contributed by atoms with E-state index in [1.807, 2.05) is 32.9 Å². The molecule has 4 N–H and O–H groups in total. The highest BCUT2D eigenvalue weighted by atomic mass is 16.2. The molecule has 0 spiro atoms. The zero-order valence-corrected chi connectivity index (χ0v) is 10.8. The van der Waals surface area contributed by atoms with Crippen molar-refractivity contribution in [1.82, 2.24) is 10.6 Å². The van der Waals surface area contributed by atoms with Gasteiger partial charge in [-0.05, 0) is 19.3 Å². The number of carbonyl (C=O) groups is 2. The van der Waals surface area contributed by atoms with Gasteiger partial charge in [-0.15, -0.1) is 0 Å². The molecule has 17 heavy (non-hydrogen) atoms. The maximum Gasteiger partial charge on any atom is 0.312 e. The van der Waals surface area contributed by atoms with Gasteiger partial charge in [0.05, 0.1) is 0 Å². The van der Waals surface area contributed by atoms with Gasteiger partial charge in [-0.2, -0.15) is 0 Å². The first kappa shape index (κ1) is 15.5. The summed E-state index contributed by atoms with van der Waals surface area (Å²) in [4.78, 5) is 22.7. The highest BCUT2D eigenvalue weighted by Crippen LogP contribution is 2.07. The molecule has 0 aliphatic carbocycles. The topological polar surface area (TPSA) is 84.2 Å². The van der Waals surface area contributed by atoms with Crippen molar-refractivity contribution in [2.24, 2.45) is 11.7 Å². The van der Waals surface area contributed by atoms with Crippen molar-refractivity contribution in [3.8, 4) is 0 Å². The second kappa shape index (κ2) is 8.61. The van der Waals surface area contributed by atoms with Crippen LogP contribution in [0, 0.1) is 5.92 Å². The van der Waals surface area contributed by atoms with E-state index in [-0.39, 0.29) is 11.8 Å². The first-order valence-electron chi connectivity index (χ1n) is 5.97. The number of nitrogens with one attached hydrogen (secondary N) is 2. The molecule has 0 rings (SSSR count). The van der Waals surface area contributed by atoms with E-state index in [2.05, 4.69) is 10.6 Å². The lowest BCUT2D eigenvalue weighted by atomic mass is 9.98. The molecular weight excluding hydrogens is 218 g/mol. The molecule has 0 aromatic rings. The summed E-state index contributed by atoms with van der Waals surface area (Å²) in [6, 6.07) is -1.22. The quantitative estimate of drug-likeness (QED) is 0.461. The lowest BCUT2D eigenvalue weighted by Crippen LogP contribution is -2.51. The van der Waals surface area contributed by atoms with Crippen LogP contribution in [0.5, 0.6) is 0 Å². The molecule has 98 valence electrons. The number of carbonyl (C=O) groups excluding carboxylic acids is 2. The van der Waals surface area contributed by atoms with Crippen LogP contribution >= 0.6 is 0 Å². The Morgan fingerprint density at radius 1 is 1.41 bits per heavy atom. The Balaban J connectivity index is 4.27. The van der Waals surface area contributed by atoms with Crippen LogP contribution in [0.2, 0.25) is 0 Å². The molecule has 0 aromatic heterocycles. The summed E-state index contributed by atoms with van der Waals surface area (Å²) >= 11 is 0. The number of primary amides is 1. The van der Waals surface area contributed by atoms with Crippen LogP contribution in [0.25, 0.3) is 0 Å². The molecule has 5 heteroatoms. The molecule has 0 radical (unpaired) electrons. The first-order valence-corrected chi connectivity index (χ1v) is 5.97. The molecular formula is C12H23N3O2. The maximum atomic E-state index is 11.8. The summed E-state index contributed by atoms with van der Waals surface area (Å²) in [5.74, 6) is -0.119.